The minimum Gasteiger partial charge on any atom is -0.378 e. The molecule has 1 fully saturated rings. The van der Waals surface area contributed by atoms with Gasteiger partial charge in [0.25, 0.3) is 0 Å². The summed E-state index contributed by atoms with van der Waals surface area (Å²) >= 11 is 0. The maximum Gasteiger partial charge on any atom is 0.0558 e. The predicted octanol–water partition coefficient (Wildman–Crippen LogP) is 2.46. The Labute approximate surface area is 75.5 Å². The second-order valence-corrected chi connectivity index (χ2v) is 3.85. The molecule has 0 bridgehead atoms. The summed E-state index contributed by atoms with van der Waals surface area (Å²) in [6.07, 6.45) is 2.63. The zero-order valence-electron chi connectivity index (χ0n) is 8.26. The van der Waals surface area contributed by atoms with Gasteiger partial charge in [-0.3, -0.25) is 0 Å². The van der Waals surface area contributed by atoms with Crippen LogP contribution in [0.2, 0.25) is 0 Å². The molecule has 0 aromatic rings. The summed E-state index contributed by atoms with van der Waals surface area (Å²) in [4.78, 5) is 0. The molecule has 0 radical (unpaired) electrons. The fourth-order valence-electron chi connectivity index (χ4n) is 1.41. The smallest absolute Gasteiger partial charge is 0.0558 e. The third-order valence-electron chi connectivity index (χ3n) is 2.06. The summed E-state index contributed by atoms with van der Waals surface area (Å²) in [5.41, 5.74) is 0. The molecule has 12 heavy (non-hydrogen) atoms. The van der Waals surface area contributed by atoms with Crippen LogP contribution in [0.3, 0.4) is 0 Å². The molecule has 1 aliphatic rings. The van der Waals surface area contributed by atoms with Gasteiger partial charge in [-0.2, -0.15) is 0 Å². The van der Waals surface area contributed by atoms with Crippen molar-refractivity contribution >= 4 is 0 Å². The molecule has 0 aromatic heterocycles. The third kappa shape index (κ3) is 3.28. The highest BCUT2D eigenvalue weighted by Crippen LogP contribution is 2.18. The lowest BCUT2D eigenvalue weighted by molar-refractivity contribution is 0.0144. The largest absolute Gasteiger partial charge is 0.378 e. The zero-order valence-corrected chi connectivity index (χ0v) is 8.26. The van der Waals surface area contributed by atoms with Crippen molar-refractivity contribution in [2.45, 2.75) is 39.7 Å². The minimum absolute atomic E-state index is 0.408. The number of hydrogen-bond acceptors (Lipinski definition) is 1. The fourth-order valence-corrected chi connectivity index (χ4v) is 1.41. The molecule has 68 valence electrons. The van der Waals surface area contributed by atoms with Gasteiger partial charge in [-0.05, 0) is 19.8 Å². The van der Waals surface area contributed by atoms with Crippen LogP contribution in [0.4, 0.5) is 0 Å². The van der Waals surface area contributed by atoms with E-state index >= 15 is 0 Å². The maximum atomic E-state index is 5.45. The van der Waals surface area contributed by atoms with Crippen molar-refractivity contribution < 1.29 is 4.74 Å². The van der Waals surface area contributed by atoms with Crippen LogP contribution < -0.4 is 0 Å². The molecule has 0 aromatic carbocycles. The standard InChI is InChI=1S/C11H18O/c1-9(2)4-5-11-6-7-12-10(3)8-11/h9-11H,6-8H2,1-3H3/t10-,11-/m1/s1. The molecule has 1 aliphatic heterocycles. The van der Waals surface area contributed by atoms with Crippen LogP contribution in [0.1, 0.15) is 33.6 Å². The van der Waals surface area contributed by atoms with Gasteiger partial charge in [0, 0.05) is 18.4 Å². The highest BCUT2D eigenvalue weighted by atomic mass is 16.5. The maximum absolute atomic E-state index is 5.45. The third-order valence-corrected chi connectivity index (χ3v) is 2.06. The van der Waals surface area contributed by atoms with Gasteiger partial charge in [-0.1, -0.05) is 19.8 Å². The molecule has 0 saturated carbocycles. The van der Waals surface area contributed by atoms with E-state index in [-0.39, 0.29) is 0 Å². The molecule has 1 saturated heterocycles. The Morgan fingerprint density at radius 1 is 1.42 bits per heavy atom. The minimum atomic E-state index is 0.408. The Hall–Kier alpha value is -0.480. The molecule has 1 rings (SSSR count). The molecular weight excluding hydrogens is 148 g/mol. The lowest BCUT2D eigenvalue weighted by Crippen LogP contribution is -2.22. The van der Waals surface area contributed by atoms with Crippen molar-refractivity contribution in [2.24, 2.45) is 11.8 Å². The van der Waals surface area contributed by atoms with E-state index in [1.165, 1.54) is 0 Å². The van der Waals surface area contributed by atoms with Crippen LogP contribution >= 0.6 is 0 Å². The SMILES string of the molecule is CC(C)C#C[C@@H]1CCO[C@H](C)C1. The highest BCUT2D eigenvalue weighted by Gasteiger charge is 2.16. The summed E-state index contributed by atoms with van der Waals surface area (Å²) < 4.78 is 5.45. The Kier molecular flexibility index (Phi) is 3.62. The Morgan fingerprint density at radius 3 is 2.75 bits per heavy atom. The van der Waals surface area contributed by atoms with Gasteiger partial charge in [0.05, 0.1) is 6.10 Å². The van der Waals surface area contributed by atoms with E-state index in [4.69, 9.17) is 4.74 Å². The summed E-state index contributed by atoms with van der Waals surface area (Å²) in [5.74, 6) is 7.63. The first kappa shape index (κ1) is 9.61. The van der Waals surface area contributed by atoms with Crippen LogP contribution in [0.25, 0.3) is 0 Å². The highest BCUT2D eigenvalue weighted by molar-refractivity contribution is 5.06. The molecule has 0 amide bonds. The van der Waals surface area contributed by atoms with Gasteiger partial charge in [-0.15, -0.1) is 5.92 Å². The summed E-state index contributed by atoms with van der Waals surface area (Å²) in [6, 6.07) is 0. The van der Waals surface area contributed by atoms with Crippen LogP contribution in [-0.2, 0) is 4.74 Å². The van der Waals surface area contributed by atoms with E-state index in [2.05, 4.69) is 32.6 Å². The first-order valence-corrected chi connectivity index (χ1v) is 4.81. The average Bonchev–Trinajstić information content (AvgIpc) is 2.01. The van der Waals surface area contributed by atoms with Crippen LogP contribution in [0.5, 0.6) is 0 Å². The quantitative estimate of drug-likeness (QED) is 0.502. The van der Waals surface area contributed by atoms with Gasteiger partial charge < -0.3 is 4.74 Å². The molecule has 2 atom stereocenters. The van der Waals surface area contributed by atoms with Gasteiger partial charge in [-0.25, -0.2) is 0 Å². The second kappa shape index (κ2) is 4.52. The van der Waals surface area contributed by atoms with E-state index in [1.807, 2.05) is 0 Å². The van der Waals surface area contributed by atoms with Gasteiger partial charge in [0.15, 0.2) is 0 Å². The molecule has 1 heterocycles. The summed E-state index contributed by atoms with van der Waals surface area (Å²) in [6.45, 7) is 7.29. The van der Waals surface area contributed by atoms with Crippen LogP contribution in [0, 0.1) is 23.7 Å². The van der Waals surface area contributed by atoms with E-state index in [1.54, 1.807) is 0 Å². The van der Waals surface area contributed by atoms with Crippen molar-refractivity contribution in [1.82, 2.24) is 0 Å². The van der Waals surface area contributed by atoms with E-state index in [9.17, 15) is 0 Å². The van der Waals surface area contributed by atoms with Crippen molar-refractivity contribution in [3.63, 3.8) is 0 Å². The zero-order chi connectivity index (χ0) is 8.97. The lowest BCUT2D eigenvalue weighted by atomic mass is 9.96. The Morgan fingerprint density at radius 2 is 2.17 bits per heavy atom. The molecule has 0 N–H and O–H groups in total. The topological polar surface area (TPSA) is 9.23 Å². The van der Waals surface area contributed by atoms with E-state index in [0.717, 1.165) is 19.4 Å². The van der Waals surface area contributed by atoms with Crippen LogP contribution in [0.15, 0.2) is 0 Å². The molecule has 0 unspecified atom stereocenters. The molecule has 1 nitrogen and oxygen atoms in total. The van der Waals surface area contributed by atoms with Gasteiger partial charge in [0.2, 0.25) is 0 Å². The van der Waals surface area contributed by atoms with E-state index < -0.39 is 0 Å². The Balaban J connectivity index is 2.38. The average molecular weight is 166 g/mol. The van der Waals surface area contributed by atoms with Crippen molar-refractivity contribution in [3.8, 4) is 11.8 Å². The van der Waals surface area contributed by atoms with E-state index in [0.29, 0.717) is 17.9 Å². The number of rotatable bonds is 0. The van der Waals surface area contributed by atoms with Crippen molar-refractivity contribution in [1.29, 1.82) is 0 Å². The molecular formula is C11H18O. The molecule has 0 spiro atoms. The molecule has 0 aliphatic carbocycles. The van der Waals surface area contributed by atoms with Crippen molar-refractivity contribution in [3.05, 3.63) is 0 Å². The first-order chi connectivity index (χ1) is 5.68. The fraction of sp³-hybridized carbons (Fsp3) is 0.818. The monoisotopic (exact) mass is 166 g/mol. The van der Waals surface area contributed by atoms with Gasteiger partial charge in [0.1, 0.15) is 0 Å². The van der Waals surface area contributed by atoms with Crippen LogP contribution in [-0.4, -0.2) is 12.7 Å². The Bertz CT molecular complexity index is 185. The lowest BCUT2D eigenvalue weighted by Gasteiger charge is -2.23. The molecule has 1 heteroatoms. The summed E-state index contributed by atoms with van der Waals surface area (Å²) in [7, 11) is 0. The number of hydrogen-bond donors (Lipinski definition) is 0. The first-order valence-electron chi connectivity index (χ1n) is 4.81. The van der Waals surface area contributed by atoms with Gasteiger partial charge >= 0.3 is 0 Å². The predicted molar refractivity (Wildman–Crippen MR) is 50.8 cm³/mol. The second-order valence-electron chi connectivity index (χ2n) is 3.85. The van der Waals surface area contributed by atoms with Crippen molar-refractivity contribution in [2.75, 3.05) is 6.61 Å². The normalized spacial score (nSPS) is 29.7. The number of ether oxygens (including phenoxy) is 1. The summed E-state index contributed by atoms with van der Waals surface area (Å²) in [5, 5.41) is 0.